The highest BCUT2D eigenvalue weighted by atomic mass is 16.6. The molecule has 3 N–H and O–H groups in total. The van der Waals surface area contributed by atoms with Gasteiger partial charge in [0.15, 0.2) is 17.4 Å². The Morgan fingerprint density at radius 1 is 1.17 bits per heavy atom. The molecule has 4 heterocycles. The molecule has 4 rings (SSSR count). The van der Waals surface area contributed by atoms with E-state index in [1.54, 1.807) is 45.9 Å². The highest BCUT2D eigenvalue weighted by Crippen LogP contribution is 2.26. The summed E-state index contributed by atoms with van der Waals surface area (Å²) in [7, 11) is 0. The van der Waals surface area contributed by atoms with E-state index in [9.17, 15) is 29.1 Å². The molecule has 1 saturated heterocycles. The van der Waals surface area contributed by atoms with E-state index < -0.39 is 54.0 Å². The van der Waals surface area contributed by atoms with E-state index in [4.69, 9.17) is 18.3 Å². The lowest BCUT2D eigenvalue weighted by Gasteiger charge is -2.30. The number of aromatic nitrogens is 2. The van der Waals surface area contributed by atoms with Crippen molar-refractivity contribution in [1.29, 1.82) is 0 Å². The van der Waals surface area contributed by atoms with Crippen molar-refractivity contribution in [3.63, 3.8) is 0 Å². The molecule has 2 bridgehead atoms. The zero-order chi connectivity index (χ0) is 34.8. The van der Waals surface area contributed by atoms with Gasteiger partial charge in [0.2, 0.25) is 11.8 Å². The Kier molecular flexibility index (Phi) is 12.4. The topological polar surface area (TPSA) is 203 Å². The number of rotatable bonds is 4. The molecule has 2 aliphatic heterocycles. The lowest BCUT2D eigenvalue weighted by atomic mass is 9.93. The molecule has 5 atom stereocenters. The van der Waals surface area contributed by atoms with Gasteiger partial charge in [-0.3, -0.25) is 19.7 Å². The van der Waals surface area contributed by atoms with Crippen LogP contribution in [0.2, 0.25) is 0 Å². The molecule has 15 heteroatoms. The van der Waals surface area contributed by atoms with Gasteiger partial charge in [-0.1, -0.05) is 43.7 Å². The molecule has 1 fully saturated rings. The van der Waals surface area contributed by atoms with Gasteiger partial charge in [-0.25, -0.2) is 14.6 Å². The number of nitrogens with zero attached hydrogens (tertiary/aromatic N) is 3. The number of oxazole rings is 2. The summed E-state index contributed by atoms with van der Waals surface area (Å²) < 4.78 is 21.8. The number of ketones is 1. The molecule has 2 aromatic rings. The number of aliphatic hydroxyl groups is 1. The number of ether oxygens (including phenoxy) is 2. The molecule has 0 saturated carbocycles. The molecular weight excluding hydrogens is 626 g/mol. The summed E-state index contributed by atoms with van der Waals surface area (Å²) in [6.07, 6.45) is 8.01. The lowest BCUT2D eigenvalue weighted by Crippen LogP contribution is -2.44. The minimum absolute atomic E-state index is 0.0147. The molecule has 5 unspecified atom stereocenters. The normalized spacial score (nSPS) is 26.4. The van der Waals surface area contributed by atoms with Crippen LogP contribution in [0.5, 0.6) is 0 Å². The highest BCUT2D eigenvalue weighted by Gasteiger charge is 2.39. The van der Waals surface area contributed by atoms with Gasteiger partial charge in [0, 0.05) is 38.3 Å². The summed E-state index contributed by atoms with van der Waals surface area (Å²) in [6.45, 7) is 7.18. The molecule has 15 nitrogen and oxygen atoms in total. The molecule has 0 radical (unpaired) electrons. The predicted octanol–water partition coefficient (Wildman–Crippen LogP) is 3.06. The number of amides is 3. The van der Waals surface area contributed by atoms with Gasteiger partial charge in [-0.15, -0.1) is 0 Å². The smallest absolute Gasteiger partial charge is 0.412 e. The van der Waals surface area contributed by atoms with Crippen molar-refractivity contribution >= 4 is 35.5 Å². The Hall–Kier alpha value is -5.05. The summed E-state index contributed by atoms with van der Waals surface area (Å²) in [5.41, 5.74) is 0.619. The first-order valence-corrected chi connectivity index (χ1v) is 15.7. The number of carbonyl (C=O) groups excluding carboxylic acids is 5. The number of hydrogen-bond donors (Lipinski definition) is 3. The van der Waals surface area contributed by atoms with Crippen molar-refractivity contribution < 1.29 is 47.4 Å². The van der Waals surface area contributed by atoms with Crippen LogP contribution in [0.1, 0.15) is 62.3 Å². The Morgan fingerprint density at radius 2 is 1.96 bits per heavy atom. The van der Waals surface area contributed by atoms with Gasteiger partial charge in [0.25, 0.3) is 5.91 Å². The van der Waals surface area contributed by atoms with Crippen LogP contribution in [0, 0.1) is 18.8 Å². The van der Waals surface area contributed by atoms with Crippen LogP contribution in [0.3, 0.4) is 0 Å². The Balaban J connectivity index is 1.54. The van der Waals surface area contributed by atoms with Crippen molar-refractivity contribution in [2.45, 2.75) is 71.6 Å². The van der Waals surface area contributed by atoms with Gasteiger partial charge < -0.3 is 33.6 Å². The number of nitrogens with one attached hydrogen (secondary N) is 2. The maximum atomic E-state index is 13.6. The first kappa shape index (κ1) is 35.8. The second-order valence-corrected chi connectivity index (χ2v) is 11.9. The van der Waals surface area contributed by atoms with Crippen molar-refractivity contribution in [3.05, 3.63) is 66.0 Å². The average molecular weight is 668 g/mol. The van der Waals surface area contributed by atoms with E-state index in [2.05, 4.69) is 20.6 Å². The second kappa shape index (κ2) is 16.7. The van der Waals surface area contributed by atoms with E-state index in [-0.39, 0.29) is 55.7 Å². The molecular formula is C33H41N5O10. The molecule has 3 amide bonds. The lowest BCUT2D eigenvalue weighted by molar-refractivity contribution is -0.159. The van der Waals surface area contributed by atoms with E-state index in [1.165, 1.54) is 23.3 Å². The maximum absolute atomic E-state index is 13.6. The van der Waals surface area contributed by atoms with Crippen LogP contribution in [0.15, 0.2) is 57.3 Å². The van der Waals surface area contributed by atoms with Crippen molar-refractivity contribution in [3.8, 4) is 0 Å². The SMILES string of the molecule is CC1=C\C(O)CC(=O)Cc2nc(co2)C(=O)N2CCCC2C(=O)OC(C(C)COC(=O)Nc2coc(C)n2)C(C)/C=C/C(=O)NC\C=C\1. The first-order chi connectivity index (χ1) is 22.9. The van der Waals surface area contributed by atoms with Gasteiger partial charge in [-0.2, -0.15) is 4.98 Å². The fourth-order valence-electron chi connectivity index (χ4n) is 5.41. The summed E-state index contributed by atoms with van der Waals surface area (Å²) >= 11 is 0. The number of hydrogen-bond acceptors (Lipinski definition) is 12. The Morgan fingerprint density at radius 3 is 2.71 bits per heavy atom. The fourth-order valence-corrected chi connectivity index (χ4v) is 5.41. The minimum atomic E-state index is -1.05. The number of aryl methyl sites for hydroxylation is 1. The highest BCUT2D eigenvalue weighted by molar-refractivity contribution is 5.95. The van der Waals surface area contributed by atoms with Crippen molar-refractivity contribution in [1.82, 2.24) is 20.2 Å². The van der Waals surface area contributed by atoms with Gasteiger partial charge >= 0.3 is 12.1 Å². The number of cyclic esters (lactones) is 1. The standard InChI is InChI=1S/C33H41N5O10/c1-19-7-5-11-34-28(41)10-9-20(2)30(21(3)16-47-33(44)37-27-18-45-22(4)35-27)48-32(43)26-8-6-12-38(26)31(42)25-17-46-29(36-25)15-24(40)14-23(39)13-19/h5,7,9-10,13,17-18,20-21,23,26,30,39H,6,8,11-12,14-16H2,1-4H3,(H,34,41)(H,37,44)/b7-5+,10-9+,19-13+. The number of anilines is 1. The summed E-state index contributed by atoms with van der Waals surface area (Å²) in [6, 6.07) is -0.924. The largest absolute Gasteiger partial charge is 0.460 e. The van der Waals surface area contributed by atoms with Crippen molar-refractivity contribution in [2.24, 2.45) is 11.8 Å². The van der Waals surface area contributed by atoms with E-state index in [0.29, 0.717) is 24.3 Å². The number of carbonyl (C=O) groups is 5. The van der Waals surface area contributed by atoms with Crippen molar-refractivity contribution in [2.75, 3.05) is 25.0 Å². The summed E-state index contributed by atoms with van der Waals surface area (Å²) in [4.78, 5) is 74.1. The zero-order valence-corrected chi connectivity index (χ0v) is 27.3. The van der Waals surface area contributed by atoms with Crippen LogP contribution in [0.25, 0.3) is 0 Å². The average Bonchev–Trinajstić information content (AvgIpc) is 3.80. The van der Waals surface area contributed by atoms with E-state index in [1.807, 2.05) is 0 Å². The third kappa shape index (κ3) is 10.2. The molecule has 2 aliphatic rings. The fraction of sp³-hybridized carbons (Fsp3) is 0.485. The van der Waals surface area contributed by atoms with Crippen LogP contribution < -0.4 is 10.6 Å². The van der Waals surface area contributed by atoms with Crippen LogP contribution in [-0.2, 0) is 30.3 Å². The van der Waals surface area contributed by atoms with Crippen LogP contribution >= 0.6 is 0 Å². The third-order valence-corrected chi connectivity index (χ3v) is 7.78. The number of allylic oxidation sites excluding steroid dienone is 2. The van der Waals surface area contributed by atoms with Gasteiger partial charge in [0.05, 0.1) is 19.1 Å². The number of esters is 1. The monoisotopic (exact) mass is 667 g/mol. The Bertz CT molecular complexity index is 1570. The van der Waals surface area contributed by atoms with Crippen LogP contribution in [-0.4, -0.2) is 87.6 Å². The summed E-state index contributed by atoms with van der Waals surface area (Å²) in [5.74, 6) is -2.45. The summed E-state index contributed by atoms with van der Waals surface area (Å²) in [5, 5.41) is 15.5. The molecule has 2 aromatic heterocycles. The third-order valence-electron chi connectivity index (χ3n) is 7.78. The predicted molar refractivity (Wildman–Crippen MR) is 169 cm³/mol. The minimum Gasteiger partial charge on any atom is -0.460 e. The quantitative estimate of drug-likeness (QED) is 0.403. The number of Topliss-reactive ketones (excluding diaryl/α,β-unsaturated/α-hetero) is 1. The molecule has 0 aliphatic carbocycles. The van der Waals surface area contributed by atoms with Gasteiger partial charge in [0.1, 0.15) is 30.5 Å². The number of fused-ring (bicyclic) bond motifs is 3. The molecule has 258 valence electrons. The molecule has 0 spiro atoms. The van der Waals surface area contributed by atoms with Crippen LogP contribution in [0.4, 0.5) is 10.6 Å². The first-order valence-electron chi connectivity index (χ1n) is 15.7. The zero-order valence-electron chi connectivity index (χ0n) is 27.3. The molecule has 0 aromatic carbocycles. The maximum Gasteiger partial charge on any atom is 0.412 e. The van der Waals surface area contributed by atoms with Gasteiger partial charge in [-0.05, 0) is 25.8 Å². The number of aliphatic hydroxyl groups excluding tert-OH is 1. The Labute approximate surface area is 277 Å². The molecule has 48 heavy (non-hydrogen) atoms. The second-order valence-electron chi connectivity index (χ2n) is 11.9. The van der Waals surface area contributed by atoms with E-state index in [0.717, 1.165) is 6.26 Å². The van der Waals surface area contributed by atoms with E-state index >= 15 is 0 Å².